The molecule has 0 aromatic rings. The topological polar surface area (TPSA) is 12.0 Å². The average molecular weight is 286 g/mol. The van der Waals surface area contributed by atoms with Crippen LogP contribution >= 0.6 is 12.6 Å². The number of hydrogen-bond acceptors (Lipinski definition) is 2. The maximum Gasteiger partial charge on any atom is 0.0151 e. The van der Waals surface area contributed by atoms with Crippen LogP contribution in [0.3, 0.4) is 0 Å². The lowest BCUT2D eigenvalue weighted by Gasteiger charge is -2.28. The molecule has 19 heavy (non-hydrogen) atoms. The van der Waals surface area contributed by atoms with Gasteiger partial charge < -0.3 is 5.32 Å². The molecule has 0 saturated heterocycles. The Balaban J connectivity index is 0.000000362. The highest BCUT2D eigenvalue weighted by atomic mass is 32.1. The largest absolute Gasteiger partial charge is 0.389 e. The van der Waals surface area contributed by atoms with Crippen molar-refractivity contribution < 1.29 is 0 Å². The van der Waals surface area contributed by atoms with Crippen molar-refractivity contribution in [1.29, 1.82) is 0 Å². The summed E-state index contributed by atoms with van der Waals surface area (Å²) in [7, 11) is 0. The molecule has 0 heterocycles. The van der Waals surface area contributed by atoms with Gasteiger partial charge in [0.2, 0.25) is 0 Å². The quantitative estimate of drug-likeness (QED) is 0.469. The van der Waals surface area contributed by atoms with Gasteiger partial charge in [-0.25, -0.2) is 0 Å². The van der Waals surface area contributed by atoms with Crippen molar-refractivity contribution in [2.24, 2.45) is 11.8 Å². The molecule has 0 aromatic heterocycles. The minimum atomic E-state index is 0.945. The number of nitrogens with one attached hydrogen (secondary N) is 1. The molecular weight excluding hydrogens is 250 g/mol. The third-order valence-corrected chi connectivity index (χ3v) is 4.30. The molecule has 1 N–H and O–H groups in total. The summed E-state index contributed by atoms with van der Waals surface area (Å²) in [4.78, 5) is 0. The Morgan fingerprint density at radius 3 is 2.47 bits per heavy atom. The first-order valence-corrected chi connectivity index (χ1v) is 8.75. The summed E-state index contributed by atoms with van der Waals surface area (Å²) in [5.74, 6) is 3.04. The van der Waals surface area contributed by atoms with Crippen LogP contribution in [-0.2, 0) is 0 Å². The van der Waals surface area contributed by atoms with Crippen LogP contribution in [0.15, 0.2) is 12.3 Å². The Bertz CT molecular complexity index is 215. The molecule has 0 aromatic carbocycles. The highest BCUT2D eigenvalue weighted by Crippen LogP contribution is 2.32. The van der Waals surface area contributed by atoms with E-state index in [9.17, 15) is 0 Å². The van der Waals surface area contributed by atoms with E-state index in [1.807, 2.05) is 6.92 Å². The van der Waals surface area contributed by atoms with E-state index in [2.05, 4.69) is 38.4 Å². The fraction of sp³-hybridized carbons (Fsp3) is 0.882. The second kappa shape index (κ2) is 12.9. The van der Waals surface area contributed by atoms with E-state index in [4.69, 9.17) is 0 Å². The number of allylic oxidation sites excluding steroid dienone is 1. The van der Waals surface area contributed by atoms with E-state index in [-0.39, 0.29) is 0 Å². The lowest BCUT2D eigenvalue weighted by atomic mass is 9.78. The van der Waals surface area contributed by atoms with Gasteiger partial charge in [-0.3, -0.25) is 0 Å². The van der Waals surface area contributed by atoms with Crippen molar-refractivity contribution >= 4 is 12.6 Å². The maximum atomic E-state index is 4.05. The second-order valence-electron chi connectivity index (χ2n) is 5.95. The minimum absolute atomic E-state index is 0.945. The summed E-state index contributed by atoms with van der Waals surface area (Å²) in [6, 6.07) is 0. The maximum absolute atomic E-state index is 4.05. The van der Waals surface area contributed by atoms with Crippen molar-refractivity contribution in [2.75, 3.05) is 12.3 Å². The lowest BCUT2D eigenvalue weighted by Crippen LogP contribution is -2.16. The first kappa shape index (κ1) is 18.9. The molecule has 2 heteroatoms. The first-order valence-electron chi connectivity index (χ1n) is 8.12. The van der Waals surface area contributed by atoms with Crippen LogP contribution in [0.5, 0.6) is 0 Å². The number of thiol groups is 1. The van der Waals surface area contributed by atoms with E-state index in [1.165, 1.54) is 44.9 Å². The Labute approximate surface area is 127 Å². The lowest BCUT2D eigenvalue weighted by molar-refractivity contribution is 0.237. The van der Waals surface area contributed by atoms with Crippen LogP contribution < -0.4 is 5.32 Å². The minimum Gasteiger partial charge on any atom is -0.389 e. The molecule has 114 valence electrons. The molecule has 0 bridgehead atoms. The van der Waals surface area contributed by atoms with Crippen molar-refractivity contribution in [3.63, 3.8) is 0 Å². The number of unbranched alkanes of at least 4 members (excludes halogenated alkanes) is 1. The van der Waals surface area contributed by atoms with Crippen molar-refractivity contribution in [1.82, 2.24) is 5.32 Å². The second-order valence-corrected chi connectivity index (χ2v) is 6.40. The predicted octanol–water partition coefficient (Wildman–Crippen LogP) is 5.43. The Morgan fingerprint density at radius 2 is 1.95 bits per heavy atom. The molecular formula is C17H35NS. The number of hydrogen-bond donors (Lipinski definition) is 2. The summed E-state index contributed by atoms with van der Waals surface area (Å²) in [5.41, 5.74) is 1.03. The zero-order valence-corrected chi connectivity index (χ0v) is 14.3. The molecule has 0 radical (unpaired) electrons. The normalized spacial score (nSPS) is 22.3. The summed E-state index contributed by atoms with van der Waals surface area (Å²) in [5, 5.41) is 3.10. The highest BCUT2D eigenvalue weighted by molar-refractivity contribution is 7.80. The van der Waals surface area contributed by atoms with Gasteiger partial charge in [-0.2, -0.15) is 12.6 Å². The predicted molar refractivity (Wildman–Crippen MR) is 91.9 cm³/mol. The average Bonchev–Trinajstić information content (AvgIpc) is 2.39. The van der Waals surface area contributed by atoms with Gasteiger partial charge in [0.05, 0.1) is 0 Å². The van der Waals surface area contributed by atoms with E-state index in [0.29, 0.717) is 0 Å². The smallest absolute Gasteiger partial charge is 0.0151 e. The molecule has 1 rings (SSSR count). The molecule has 0 aliphatic heterocycles. The van der Waals surface area contributed by atoms with Crippen molar-refractivity contribution in [3.05, 3.63) is 12.3 Å². The molecule has 0 spiro atoms. The van der Waals surface area contributed by atoms with Crippen LogP contribution in [0.2, 0.25) is 0 Å². The van der Waals surface area contributed by atoms with Gasteiger partial charge in [0.1, 0.15) is 0 Å². The molecule has 0 amide bonds. The molecule has 1 nitrogen and oxygen atoms in total. The fourth-order valence-corrected chi connectivity index (χ4v) is 2.83. The standard InChI is InChI=1S/C11H22.C6H13NS/c1-3-4-8-11-9-6-5-7-10(11)2;1-6(2)7-4-3-5-8/h10-11H,3-9H2,1-2H3;7-8H,1,3-5H2,2H3. The molecule has 1 aliphatic carbocycles. The zero-order valence-electron chi connectivity index (χ0n) is 13.4. The third-order valence-electron chi connectivity index (χ3n) is 3.98. The Kier molecular flexibility index (Phi) is 12.8. The summed E-state index contributed by atoms with van der Waals surface area (Å²) >= 11 is 4.05. The van der Waals surface area contributed by atoms with Gasteiger partial charge in [0, 0.05) is 12.2 Å². The van der Waals surface area contributed by atoms with Gasteiger partial charge in [0.15, 0.2) is 0 Å². The van der Waals surface area contributed by atoms with E-state index >= 15 is 0 Å². The van der Waals surface area contributed by atoms with Gasteiger partial charge >= 0.3 is 0 Å². The Hall–Kier alpha value is -0.110. The van der Waals surface area contributed by atoms with E-state index < -0.39 is 0 Å². The molecule has 1 saturated carbocycles. The summed E-state index contributed by atoms with van der Waals surface area (Å²) in [6.45, 7) is 11.4. The molecule has 2 unspecified atom stereocenters. The summed E-state index contributed by atoms with van der Waals surface area (Å²) in [6.07, 6.45) is 11.4. The van der Waals surface area contributed by atoms with Gasteiger partial charge in [-0.1, -0.05) is 65.4 Å². The van der Waals surface area contributed by atoms with Crippen molar-refractivity contribution in [3.8, 4) is 0 Å². The van der Waals surface area contributed by atoms with Gasteiger partial charge in [-0.15, -0.1) is 0 Å². The van der Waals surface area contributed by atoms with Gasteiger partial charge in [-0.05, 0) is 30.9 Å². The third kappa shape index (κ3) is 11.4. The summed E-state index contributed by atoms with van der Waals surface area (Å²) < 4.78 is 0. The molecule has 2 atom stereocenters. The van der Waals surface area contributed by atoms with Crippen molar-refractivity contribution in [2.45, 2.75) is 72.1 Å². The fourth-order valence-electron chi connectivity index (χ4n) is 2.67. The zero-order chi connectivity index (χ0) is 14.5. The van der Waals surface area contributed by atoms with Crippen LogP contribution in [0.25, 0.3) is 0 Å². The van der Waals surface area contributed by atoms with E-state index in [0.717, 1.165) is 36.3 Å². The molecule has 1 aliphatic rings. The first-order chi connectivity index (χ1) is 9.11. The highest BCUT2D eigenvalue weighted by Gasteiger charge is 2.19. The van der Waals surface area contributed by atoms with Crippen LogP contribution in [0, 0.1) is 11.8 Å². The monoisotopic (exact) mass is 285 g/mol. The van der Waals surface area contributed by atoms with Gasteiger partial charge in [0.25, 0.3) is 0 Å². The SMILES string of the molecule is C=C(C)NCCCS.CCCCC1CCCCC1C. The number of rotatable bonds is 7. The van der Waals surface area contributed by atoms with Crippen LogP contribution in [0.1, 0.15) is 72.1 Å². The van der Waals surface area contributed by atoms with Crippen LogP contribution in [-0.4, -0.2) is 12.3 Å². The van der Waals surface area contributed by atoms with E-state index in [1.54, 1.807) is 0 Å². The van der Waals surface area contributed by atoms with Crippen LogP contribution in [0.4, 0.5) is 0 Å². The Morgan fingerprint density at radius 1 is 1.26 bits per heavy atom. The molecule has 1 fully saturated rings.